The summed E-state index contributed by atoms with van der Waals surface area (Å²) in [6.45, 7) is 12.5. The Morgan fingerprint density at radius 1 is 0.385 bits per heavy atom. The second-order valence-corrected chi connectivity index (χ2v) is 15.8. The van der Waals surface area contributed by atoms with Gasteiger partial charge in [0.25, 0.3) is 0 Å². The van der Waals surface area contributed by atoms with E-state index in [9.17, 15) is 29.7 Å². The van der Waals surface area contributed by atoms with E-state index in [2.05, 4.69) is 30.2 Å². The quantitative estimate of drug-likeness (QED) is 0.0373. The molecule has 426 valence electrons. The van der Waals surface area contributed by atoms with Crippen molar-refractivity contribution in [1.82, 2.24) is 44.3 Å². The fourth-order valence-electron chi connectivity index (χ4n) is 5.99. The molecule has 0 bridgehead atoms. The lowest BCUT2D eigenvalue weighted by Crippen LogP contribution is -2.12. The summed E-state index contributed by atoms with van der Waals surface area (Å²) < 4.78 is 66.9. The summed E-state index contributed by atoms with van der Waals surface area (Å²) in [4.78, 5) is 46.2. The van der Waals surface area contributed by atoms with E-state index >= 15 is 0 Å². The molecule has 6 rings (SSSR count). The Hall–Kier alpha value is -7.47. The molecule has 78 heavy (non-hydrogen) atoms. The predicted molar refractivity (Wildman–Crippen MR) is 276 cm³/mol. The maximum absolute atomic E-state index is 11.3. The molecule has 6 aromatic rings. The first-order valence-electron chi connectivity index (χ1n) is 24.4. The van der Waals surface area contributed by atoms with Crippen molar-refractivity contribution in [1.29, 1.82) is 0 Å². The molecule has 0 aliphatic heterocycles. The zero-order valence-electron chi connectivity index (χ0n) is 44.6. The highest BCUT2D eigenvalue weighted by molar-refractivity contribution is 5.92. The van der Waals surface area contributed by atoms with E-state index in [4.69, 9.17) is 56.8 Å². The van der Waals surface area contributed by atoms with E-state index in [0.29, 0.717) is 153 Å². The number of carbonyl (C=O) groups is 3. The third kappa shape index (κ3) is 23.4. The molecule has 0 spiro atoms. The Balaban J connectivity index is 0.000000252. The topological polar surface area (TPSA) is 315 Å². The number of hydrogen-bond acceptors (Lipinski definition) is 24. The maximum atomic E-state index is 11.3. The third-order valence-electron chi connectivity index (χ3n) is 9.87. The van der Waals surface area contributed by atoms with Gasteiger partial charge in [-0.3, -0.25) is 14.4 Å². The molecule has 6 heterocycles. The van der Waals surface area contributed by atoms with Crippen LogP contribution in [0, 0.1) is 0 Å². The first-order chi connectivity index (χ1) is 37.8. The van der Waals surface area contributed by atoms with Crippen molar-refractivity contribution in [3.8, 4) is 52.0 Å². The highest BCUT2D eigenvalue weighted by atomic mass is 16.6. The second kappa shape index (κ2) is 36.5. The molecule has 0 aromatic carbocycles. The highest BCUT2D eigenvalue weighted by Gasteiger charge is 2.14. The van der Waals surface area contributed by atoms with Gasteiger partial charge in [0.15, 0.2) is 52.1 Å². The lowest BCUT2D eigenvalue weighted by Gasteiger charge is -2.09. The Morgan fingerprint density at radius 2 is 0.615 bits per heavy atom. The lowest BCUT2D eigenvalue weighted by atomic mass is 10.3. The number of rotatable bonds is 36. The summed E-state index contributed by atoms with van der Waals surface area (Å²) in [6.07, 6.45) is 9.08. The van der Waals surface area contributed by atoms with E-state index < -0.39 is 0 Å². The number of carbonyl (C=O) groups excluding carboxylic acids is 3. The van der Waals surface area contributed by atoms with Crippen LogP contribution in [0.5, 0.6) is 34.5 Å². The first-order valence-corrected chi connectivity index (χ1v) is 24.4. The summed E-state index contributed by atoms with van der Waals surface area (Å²) in [7, 11) is 4.86. The molecule has 0 atom stereocenters. The Labute approximate surface area is 450 Å². The van der Waals surface area contributed by atoms with Crippen LogP contribution in [0.2, 0.25) is 0 Å². The molecule has 27 heteroatoms. The van der Waals surface area contributed by atoms with Crippen molar-refractivity contribution in [3.05, 3.63) is 90.7 Å². The van der Waals surface area contributed by atoms with E-state index in [1.54, 1.807) is 58.1 Å². The molecular formula is C51H69N9O18. The van der Waals surface area contributed by atoms with Crippen molar-refractivity contribution in [2.24, 2.45) is 0 Å². The molecule has 0 fully saturated rings. The number of methoxy groups -OCH3 is 3. The van der Waals surface area contributed by atoms with Gasteiger partial charge in [-0.1, -0.05) is 0 Å². The summed E-state index contributed by atoms with van der Waals surface area (Å²) in [5.41, 5.74) is 0.902. The number of aromatic hydroxyl groups is 3. The van der Waals surface area contributed by atoms with Crippen LogP contribution in [0.3, 0.4) is 0 Å². The average Bonchev–Trinajstić information content (AvgIpc) is 4.28. The molecule has 0 saturated heterocycles. The molecule has 3 N–H and O–H groups in total. The molecule has 0 saturated carbocycles. The van der Waals surface area contributed by atoms with E-state index in [0.717, 1.165) is 0 Å². The molecule has 0 unspecified atom stereocenters. The molecule has 0 aliphatic rings. The Bertz CT molecular complexity index is 2400. The van der Waals surface area contributed by atoms with Gasteiger partial charge in [-0.05, 0) is 18.2 Å². The number of ketones is 3. The lowest BCUT2D eigenvalue weighted by molar-refractivity contribution is 0.0179. The van der Waals surface area contributed by atoms with Gasteiger partial charge in [-0.25, -0.2) is 29.0 Å². The number of Topliss-reactive ketones (excluding diaryl/α,β-unsaturated/α-hetero) is 3. The molecule has 0 radical (unpaired) electrons. The number of pyridine rings is 3. The van der Waals surface area contributed by atoms with E-state index in [-0.39, 0.29) is 52.1 Å². The van der Waals surface area contributed by atoms with Gasteiger partial charge >= 0.3 is 0 Å². The van der Waals surface area contributed by atoms with Crippen molar-refractivity contribution in [3.63, 3.8) is 0 Å². The van der Waals surface area contributed by atoms with Crippen molar-refractivity contribution in [2.75, 3.05) is 140 Å². The van der Waals surface area contributed by atoms with Crippen molar-refractivity contribution in [2.45, 2.75) is 20.8 Å². The zero-order valence-corrected chi connectivity index (χ0v) is 44.6. The van der Waals surface area contributed by atoms with Gasteiger partial charge in [0, 0.05) is 78.9 Å². The van der Waals surface area contributed by atoms with Crippen molar-refractivity contribution >= 4 is 17.3 Å². The van der Waals surface area contributed by atoms with Crippen LogP contribution in [0.25, 0.3) is 17.5 Å². The fraction of sp³-hybridized carbons (Fsp3) is 0.471. The Morgan fingerprint density at radius 3 is 0.821 bits per heavy atom. The summed E-state index contributed by atoms with van der Waals surface area (Å²) in [5.74, 6) is 1.08. The van der Waals surface area contributed by atoms with Gasteiger partial charge in [-0.15, -0.1) is 0 Å². The average molecular weight is 1100 g/mol. The smallest absolute Gasteiger partial charge is 0.196 e. The zero-order chi connectivity index (χ0) is 56.3. The third-order valence-corrected chi connectivity index (χ3v) is 9.87. The Kier molecular flexibility index (Phi) is 29.5. The number of ether oxygens (including phenoxy) is 12. The summed E-state index contributed by atoms with van der Waals surface area (Å²) >= 11 is 0. The van der Waals surface area contributed by atoms with E-state index in [1.807, 2.05) is 0 Å². The minimum absolute atomic E-state index is 0.104. The van der Waals surface area contributed by atoms with Crippen LogP contribution in [-0.2, 0) is 42.6 Å². The standard InChI is InChI=1S/3C17H23N3O6/c3*1-13(21)15-3-4-20(19-15)17-16(22)11-14(12-18-17)26-10-9-25-8-7-24-6-5-23-2/h3*3-4,11-12,22H,5-10H2,1-2H3. The van der Waals surface area contributed by atoms with Gasteiger partial charge < -0.3 is 72.2 Å². The summed E-state index contributed by atoms with van der Waals surface area (Å²) in [6, 6.07) is 8.99. The van der Waals surface area contributed by atoms with Gasteiger partial charge in [0.1, 0.15) is 54.2 Å². The molecule has 6 aromatic heterocycles. The molecule has 27 nitrogen and oxygen atoms in total. The van der Waals surface area contributed by atoms with Gasteiger partial charge in [-0.2, -0.15) is 15.3 Å². The molecule has 0 aliphatic carbocycles. The minimum atomic E-state index is -0.160. The normalized spacial score (nSPS) is 10.8. The van der Waals surface area contributed by atoms with E-state index in [1.165, 1.54) is 71.6 Å². The van der Waals surface area contributed by atoms with Crippen LogP contribution in [0.15, 0.2) is 73.6 Å². The van der Waals surface area contributed by atoms with Crippen LogP contribution >= 0.6 is 0 Å². The highest BCUT2D eigenvalue weighted by Crippen LogP contribution is 2.26. The van der Waals surface area contributed by atoms with Gasteiger partial charge in [0.2, 0.25) is 0 Å². The monoisotopic (exact) mass is 1100 g/mol. The fourth-order valence-corrected chi connectivity index (χ4v) is 5.99. The van der Waals surface area contributed by atoms with Crippen LogP contribution in [0.4, 0.5) is 0 Å². The van der Waals surface area contributed by atoms with Crippen LogP contribution in [0.1, 0.15) is 52.2 Å². The van der Waals surface area contributed by atoms with Gasteiger partial charge in [0.05, 0.1) is 118 Å². The first kappa shape index (κ1) is 63.1. The second-order valence-electron chi connectivity index (χ2n) is 15.8. The summed E-state index contributed by atoms with van der Waals surface area (Å²) in [5, 5.41) is 42.4. The largest absolute Gasteiger partial charge is 0.504 e. The maximum Gasteiger partial charge on any atom is 0.196 e. The number of hydrogen-bond donors (Lipinski definition) is 3. The van der Waals surface area contributed by atoms with Crippen LogP contribution in [-0.4, -0.2) is 217 Å². The van der Waals surface area contributed by atoms with Crippen molar-refractivity contribution < 1.29 is 86.5 Å². The number of aromatic nitrogens is 9. The predicted octanol–water partition coefficient (Wildman–Crippen LogP) is 3.70. The minimum Gasteiger partial charge on any atom is -0.504 e. The SMILES string of the molecule is COCCOCCOCCOc1cnc(-n2ccc(C(C)=O)n2)c(O)c1.COCCOCCOCCOc1cnc(-n2ccc(C(C)=O)n2)c(O)c1.COCCOCCOCCOc1cnc(-n2ccc(C(C)=O)n2)c(O)c1. The molecule has 0 amide bonds. The molecular weight excluding hydrogens is 1030 g/mol. The van der Waals surface area contributed by atoms with Crippen LogP contribution < -0.4 is 14.2 Å². The number of nitrogens with zero attached hydrogens (tertiary/aromatic N) is 9.